The molecule has 0 saturated carbocycles. The monoisotopic (exact) mass is 423 g/mol. The normalized spacial score (nSPS) is 10.4. The first-order chi connectivity index (χ1) is 15.1. The van der Waals surface area contributed by atoms with E-state index in [1.54, 1.807) is 18.2 Å². The molecule has 7 nitrogen and oxygen atoms in total. The molecule has 31 heavy (non-hydrogen) atoms. The number of hydrogen-bond acceptors (Lipinski definition) is 6. The number of rotatable bonds is 11. The van der Waals surface area contributed by atoms with Crippen LogP contribution in [0.4, 0.5) is 0 Å². The van der Waals surface area contributed by atoms with E-state index in [4.69, 9.17) is 18.9 Å². The second-order valence-corrected chi connectivity index (χ2v) is 6.56. The molecule has 0 aliphatic heterocycles. The molecule has 0 spiro atoms. The van der Waals surface area contributed by atoms with Crippen LogP contribution in [0.3, 0.4) is 0 Å². The maximum absolute atomic E-state index is 11.8. The van der Waals surface area contributed by atoms with Crippen molar-refractivity contribution in [1.82, 2.24) is 5.32 Å². The largest absolute Gasteiger partial charge is 0.494 e. The molecule has 3 aromatic carbocycles. The average molecular weight is 423 g/mol. The maximum atomic E-state index is 11.8. The van der Waals surface area contributed by atoms with Gasteiger partial charge in [-0.1, -0.05) is 30.3 Å². The number of amides is 1. The number of hydrogen-bond donors (Lipinski definition) is 1. The summed E-state index contributed by atoms with van der Waals surface area (Å²) in [7, 11) is 0. The van der Waals surface area contributed by atoms with Crippen molar-refractivity contribution in [2.45, 2.75) is 6.92 Å². The molecule has 0 heterocycles. The summed E-state index contributed by atoms with van der Waals surface area (Å²) in [5.41, 5.74) is 0. The van der Waals surface area contributed by atoms with Crippen molar-refractivity contribution < 1.29 is 28.5 Å². The molecule has 0 aliphatic rings. The average Bonchev–Trinajstić information content (AvgIpc) is 2.80. The predicted octanol–water partition coefficient (Wildman–Crippen LogP) is 3.36. The summed E-state index contributed by atoms with van der Waals surface area (Å²) >= 11 is 0. The first-order valence-electron chi connectivity index (χ1n) is 10.0. The van der Waals surface area contributed by atoms with Crippen LogP contribution in [0, 0.1) is 0 Å². The minimum Gasteiger partial charge on any atom is -0.494 e. The molecule has 162 valence electrons. The van der Waals surface area contributed by atoms with Gasteiger partial charge in [-0.3, -0.25) is 4.79 Å². The van der Waals surface area contributed by atoms with E-state index < -0.39 is 11.9 Å². The predicted molar refractivity (Wildman–Crippen MR) is 117 cm³/mol. The molecule has 0 bridgehead atoms. The highest BCUT2D eigenvalue weighted by atomic mass is 16.6. The summed E-state index contributed by atoms with van der Waals surface area (Å²) < 4.78 is 21.3. The van der Waals surface area contributed by atoms with Gasteiger partial charge in [0.15, 0.2) is 13.2 Å². The number of esters is 1. The van der Waals surface area contributed by atoms with E-state index >= 15 is 0 Å². The molecule has 0 atom stereocenters. The van der Waals surface area contributed by atoms with Crippen LogP contribution in [0.15, 0.2) is 66.7 Å². The zero-order chi connectivity index (χ0) is 21.9. The molecule has 0 aromatic heterocycles. The zero-order valence-electron chi connectivity index (χ0n) is 17.3. The van der Waals surface area contributed by atoms with Crippen molar-refractivity contribution in [2.75, 3.05) is 33.0 Å². The summed E-state index contributed by atoms with van der Waals surface area (Å²) in [6.07, 6.45) is 0. The van der Waals surface area contributed by atoms with Crippen molar-refractivity contribution in [1.29, 1.82) is 0 Å². The first kappa shape index (κ1) is 22.0. The topological polar surface area (TPSA) is 83.1 Å². The fraction of sp³-hybridized carbons (Fsp3) is 0.250. The standard InChI is InChI=1S/C24H25NO6/c1-2-28-20-9-11-21(12-10-20)29-14-13-25-23(26)16-31-24(27)17-30-22-8-7-18-5-3-4-6-19(18)15-22/h3-12,15H,2,13-14,16-17H2,1H3,(H,25,26). The van der Waals surface area contributed by atoms with Crippen LogP contribution in [0.2, 0.25) is 0 Å². The summed E-state index contributed by atoms with van der Waals surface area (Å²) in [6.45, 7) is 2.46. The van der Waals surface area contributed by atoms with E-state index in [1.165, 1.54) is 0 Å². The van der Waals surface area contributed by atoms with Gasteiger partial charge >= 0.3 is 5.97 Å². The minimum absolute atomic E-state index is 0.271. The van der Waals surface area contributed by atoms with Gasteiger partial charge in [0.25, 0.3) is 5.91 Å². The molecule has 0 fully saturated rings. The number of benzene rings is 3. The minimum atomic E-state index is -0.617. The second-order valence-electron chi connectivity index (χ2n) is 6.56. The molecule has 0 unspecified atom stereocenters. The number of ether oxygens (including phenoxy) is 4. The Hall–Kier alpha value is -3.74. The van der Waals surface area contributed by atoms with Crippen LogP contribution >= 0.6 is 0 Å². The van der Waals surface area contributed by atoms with Gasteiger partial charge < -0.3 is 24.3 Å². The summed E-state index contributed by atoms with van der Waals surface area (Å²) in [6, 6.07) is 20.6. The second kappa shape index (κ2) is 11.4. The highest BCUT2D eigenvalue weighted by Gasteiger charge is 2.09. The highest BCUT2D eigenvalue weighted by Crippen LogP contribution is 2.20. The van der Waals surface area contributed by atoms with E-state index in [-0.39, 0.29) is 19.8 Å². The Balaban J connectivity index is 1.29. The molecule has 0 aliphatic carbocycles. The lowest BCUT2D eigenvalue weighted by molar-refractivity contribution is -0.150. The van der Waals surface area contributed by atoms with Crippen molar-refractivity contribution >= 4 is 22.6 Å². The third-order valence-electron chi connectivity index (χ3n) is 4.27. The van der Waals surface area contributed by atoms with Gasteiger partial charge in [0, 0.05) is 0 Å². The van der Waals surface area contributed by atoms with Crippen LogP contribution in [-0.4, -0.2) is 44.8 Å². The fourth-order valence-electron chi connectivity index (χ4n) is 2.80. The van der Waals surface area contributed by atoms with Crippen LogP contribution in [0.5, 0.6) is 17.2 Å². The number of carbonyl (C=O) groups is 2. The SMILES string of the molecule is CCOc1ccc(OCCNC(=O)COC(=O)COc2ccc3ccccc3c2)cc1. The highest BCUT2D eigenvalue weighted by molar-refractivity contribution is 5.84. The van der Waals surface area contributed by atoms with Crippen LogP contribution in [0.1, 0.15) is 6.92 Å². The molecular weight excluding hydrogens is 398 g/mol. The van der Waals surface area contributed by atoms with E-state index in [1.807, 2.05) is 55.5 Å². The number of carbonyl (C=O) groups excluding carboxylic acids is 2. The third-order valence-corrected chi connectivity index (χ3v) is 4.27. The lowest BCUT2D eigenvalue weighted by atomic mass is 10.1. The van der Waals surface area contributed by atoms with Gasteiger partial charge in [-0.25, -0.2) is 4.79 Å². The van der Waals surface area contributed by atoms with Crippen LogP contribution < -0.4 is 19.5 Å². The Bertz CT molecular complexity index is 1000. The third kappa shape index (κ3) is 7.22. The van der Waals surface area contributed by atoms with Gasteiger partial charge in [-0.05, 0) is 54.1 Å². The van der Waals surface area contributed by atoms with E-state index in [2.05, 4.69) is 5.32 Å². The molecule has 3 aromatic rings. The van der Waals surface area contributed by atoms with Crippen molar-refractivity contribution in [2.24, 2.45) is 0 Å². The van der Waals surface area contributed by atoms with Gasteiger partial charge in [0.1, 0.15) is 23.9 Å². The molecular formula is C24H25NO6. The van der Waals surface area contributed by atoms with Crippen LogP contribution in [0.25, 0.3) is 10.8 Å². The fourth-order valence-corrected chi connectivity index (χ4v) is 2.80. The van der Waals surface area contributed by atoms with E-state index in [0.29, 0.717) is 24.7 Å². The first-order valence-corrected chi connectivity index (χ1v) is 10.0. The van der Waals surface area contributed by atoms with Gasteiger partial charge in [-0.2, -0.15) is 0 Å². The van der Waals surface area contributed by atoms with E-state index in [9.17, 15) is 9.59 Å². The van der Waals surface area contributed by atoms with Gasteiger partial charge in [-0.15, -0.1) is 0 Å². The quantitative estimate of drug-likeness (QED) is 0.376. The van der Waals surface area contributed by atoms with Gasteiger partial charge in [0.2, 0.25) is 0 Å². The Morgan fingerprint density at radius 3 is 2.19 bits per heavy atom. The summed E-state index contributed by atoms with van der Waals surface area (Å²) in [4.78, 5) is 23.6. The molecule has 3 rings (SSSR count). The Labute approximate surface area is 180 Å². The van der Waals surface area contributed by atoms with Crippen molar-refractivity contribution in [3.63, 3.8) is 0 Å². The van der Waals surface area contributed by atoms with Crippen molar-refractivity contribution in [3.05, 3.63) is 66.7 Å². The number of nitrogens with one attached hydrogen (secondary N) is 1. The lowest BCUT2D eigenvalue weighted by Crippen LogP contribution is -2.32. The molecule has 7 heteroatoms. The van der Waals surface area contributed by atoms with Crippen molar-refractivity contribution in [3.8, 4) is 17.2 Å². The molecule has 0 saturated heterocycles. The summed E-state index contributed by atoms with van der Waals surface area (Å²) in [5.74, 6) is 0.986. The van der Waals surface area contributed by atoms with Crippen LogP contribution in [-0.2, 0) is 14.3 Å². The Morgan fingerprint density at radius 1 is 0.774 bits per heavy atom. The number of fused-ring (bicyclic) bond motifs is 1. The summed E-state index contributed by atoms with van der Waals surface area (Å²) in [5, 5.41) is 4.73. The van der Waals surface area contributed by atoms with Gasteiger partial charge in [0.05, 0.1) is 13.2 Å². The molecule has 1 N–H and O–H groups in total. The lowest BCUT2D eigenvalue weighted by Gasteiger charge is -2.10. The Kier molecular flexibility index (Phi) is 8.11. The Morgan fingerprint density at radius 2 is 1.45 bits per heavy atom. The zero-order valence-corrected chi connectivity index (χ0v) is 17.3. The molecule has 1 amide bonds. The smallest absolute Gasteiger partial charge is 0.344 e. The van der Waals surface area contributed by atoms with E-state index in [0.717, 1.165) is 16.5 Å². The maximum Gasteiger partial charge on any atom is 0.344 e. The molecule has 0 radical (unpaired) electrons.